The molecule has 0 fully saturated rings. The molecule has 1 aromatic rings. The molecule has 0 aromatic heterocycles. The molecule has 86 valence electrons. The Hall–Kier alpha value is -1.95. The highest BCUT2D eigenvalue weighted by atomic mass is 16.8. The van der Waals surface area contributed by atoms with Crippen molar-refractivity contribution in [1.82, 2.24) is 0 Å². The molecule has 0 heterocycles. The maximum absolute atomic E-state index is 10.3. The molecule has 1 atom stereocenters. The minimum absolute atomic E-state index is 0.00398. The Kier molecular flexibility index (Phi) is 4.94. The van der Waals surface area contributed by atoms with Crippen LogP contribution in [0.3, 0.4) is 0 Å². The van der Waals surface area contributed by atoms with Gasteiger partial charge in [-0.3, -0.25) is 19.6 Å². The summed E-state index contributed by atoms with van der Waals surface area (Å²) in [6.07, 6.45) is -1.20. The number of ether oxygens (including phenoxy) is 2. The van der Waals surface area contributed by atoms with Gasteiger partial charge in [-0.15, -0.1) is 0 Å². The summed E-state index contributed by atoms with van der Waals surface area (Å²) in [6.45, 7) is 0.111. The van der Waals surface area contributed by atoms with Crippen molar-refractivity contribution in [1.29, 1.82) is 0 Å². The van der Waals surface area contributed by atoms with Crippen LogP contribution in [-0.4, -0.2) is 24.4 Å². The average molecular weight is 225 g/mol. The summed E-state index contributed by atoms with van der Waals surface area (Å²) >= 11 is 0. The quantitative estimate of drug-likeness (QED) is 0.299. The Bertz CT molecular complexity index is 340. The second kappa shape index (κ2) is 6.52. The summed E-state index contributed by atoms with van der Waals surface area (Å²) in [7, 11) is 0. The van der Waals surface area contributed by atoms with Crippen LogP contribution in [0.4, 0.5) is 0 Å². The van der Waals surface area contributed by atoms with Gasteiger partial charge in [0.25, 0.3) is 6.47 Å². The van der Waals surface area contributed by atoms with Gasteiger partial charge in [-0.1, -0.05) is 30.3 Å². The first-order valence-electron chi connectivity index (χ1n) is 4.62. The van der Waals surface area contributed by atoms with E-state index in [-0.39, 0.29) is 13.1 Å². The van der Waals surface area contributed by atoms with Crippen LogP contribution in [0.25, 0.3) is 0 Å². The van der Waals surface area contributed by atoms with Crippen molar-refractivity contribution in [3.8, 4) is 0 Å². The van der Waals surface area contributed by atoms with Crippen LogP contribution in [-0.2, 0) is 20.7 Å². The van der Waals surface area contributed by atoms with Gasteiger partial charge in [-0.2, -0.15) is 0 Å². The van der Waals surface area contributed by atoms with Crippen molar-refractivity contribution < 1.29 is 19.2 Å². The lowest BCUT2D eigenvalue weighted by molar-refractivity contribution is -0.623. The molecule has 0 radical (unpaired) electrons. The summed E-state index contributed by atoms with van der Waals surface area (Å²) in [5, 5.41) is 10.3. The van der Waals surface area contributed by atoms with E-state index in [2.05, 4.69) is 4.74 Å². The largest absolute Gasteiger partial charge is 0.476 e. The van der Waals surface area contributed by atoms with Gasteiger partial charge >= 0.3 is 6.41 Å². The topological polar surface area (TPSA) is 78.7 Å². The Morgan fingerprint density at radius 1 is 1.38 bits per heavy atom. The fraction of sp³-hybridized carbons (Fsp3) is 0.300. The van der Waals surface area contributed by atoms with Crippen LogP contribution in [0.15, 0.2) is 30.3 Å². The molecular weight excluding hydrogens is 214 g/mol. The third kappa shape index (κ3) is 4.05. The number of carbonyl (C=O) groups excluding carboxylic acids is 1. The molecule has 0 saturated heterocycles. The number of rotatable bonds is 7. The lowest BCUT2D eigenvalue weighted by Gasteiger charge is -2.07. The first kappa shape index (κ1) is 12.1. The van der Waals surface area contributed by atoms with E-state index in [1.54, 1.807) is 0 Å². The summed E-state index contributed by atoms with van der Waals surface area (Å²) in [5.74, 6) is 0. The molecule has 6 nitrogen and oxygen atoms in total. The first-order valence-corrected chi connectivity index (χ1v) is 4.62. The van der Waals surface area contributed by atoms with Crippen LogP contribution in [0.2, 0.25) is 0 Å². The van der Waals surface area contributed by atoms with E-state index in [1.165, 1.54) is 0 Å². The van der Waals surface area contributed by atoms with Gasteiger partial charge in [0.15, 0.2) is 0 Å². The lowest BCUT2D eigenvalue weighted by atomic mass is 10.2. The predicted octanol–water partition coefficient (Wildman–Crippen LogP) is 0.979. The first-order chi connectivity index (χ1) is 7.74. The van der Waals surface area contributed by atoms with Gasteiger partial charge in [0, 0.05) is 0 Å². The number of nitrogens with zero attached hydrogens (tertiary/aromatic N) is 1. The molecule has 1 unspecified atom stereocenters. The second-order valence-electron chi connectivity index (χ2n) is 2.93. The van der Waals surface area contributed by atoms with Crippen LogP contribution in [0.1, 0.15) is 5.56 Å². The Balaban J connectivity index is 2.33. The molecule has 0 aliphatic rings. The van der Waals surface area contributed by atoms with Crippen LogP contribution in [0, 0.1) is 10.1 Å². The normalized spacial score (nSPS) is 11.8. The highest BCUT2D eigenvalue weighted by molar-refractivity contribution is 5.36. The van der Waals surface area contributed by atoms with Gasteiger partial charge < -0.3 is 4.74 Å². The molecule has 1 aromatic carbocycles. The molecule has 0 aliphatic carbocycles. The minimum Gasteiger partial charge on any atom is -0.377 e. The van der Waals surface area contributed by atoms with Gasteiger partial charge in [0.05, 0.1) is 11.5 Å². The van der Waals surface area contributed by atoms with Gasteiger partial charge in [0.1, 0.15) is 0 Å². The third-order valence-corrected chi connectivity index (χ3v) is 1.84. The van der Waals surface area contributed by atoms with Crippen molar-refractivity contribution in [2.75, 3.05) is 6.61 Å². The van der Waals surface area contributed by atoms with Crippen LogP contribution >= 0.6 is 0 Å². The molecule has 0 aliphatic heterocycles. The van der Waals surface area contributed by atoms with Crippen LogP contribution < -0.4 is 0 Å². The second-order valence-corrected chi connectivity index (χ2v) is 2.93. The zero-order valence-corrected chi connectivity index (χ0v) is 8.44. The maximum atomic E-state index is 10.3. The summed E-state index contributed by atoms with van der Waals surface area (Å²) in [4.78, 5) is 19.5. The van der Waals surface area contributed by atoms with E-state index in [9.17, 15) is 14.9 Å². The summed E-state index contributed by atoms with van der Waals surface area (Å²) in [6, 6.07) is 9.36. The zero-order valence-electron chi connectivity index (χ0n) is 8.44. The average Bonchev–Trinajstić information content (AvgIpc) is 2.29. The van der Waals surface area contributed by atoms with E-state index in [0.717, 1.165) is 5.56 Å². The SMILES string of the molecule is O=COC(OCCc1ccccc1)[N+](=O)[O-]. The van der Waals surface area contributed by atoms with Crippen molar-refractivity contribution >= 4 is 6.47 Å². The molecule has 0 amide bonds. The fourth-order valence-corrected chi connectivity index (χ4v) is 1.12. The Labute approximate surface area is 91.9 Å². The standard InChI is InChI=1S/C10H11NO5/c12-8-16-10(11(13)14)15-7-6-9-4-2-1-3-5-9/h1-5,8,10H,6-7H2. The summed E-state index contributed by atoms with van der Waals surface area (Å²) in [5.41, 5.74) is 0.996. The number of nitro groups is 1. The predicted molar refractivity (Wildman–Crippen MR) is 54.0 cm³/mol. The van der Waals surface area contributed by atoms with E-state index in [1.807, 2.05) is 30.3 Å². The highest BCUT2D eigenvalue weighted by Gasteiger charge is 2.21. The third-order valence-electron chi connectivity index (χ3n) is 1.84. The number of benzene rings is 1. The zero-order chi connectivity index (χ0) is 11.8. The van der Waals surface area contributed by atoms with Crippen molar-refractivity contribution in [2.45, 2.75) is 12.8 Å². The number of carbonyl (C=O) groups is 1. The van der Waals surface area contributed by atoms with Crippen LogP contribution in [0.5, 0.6) is 0 Å². The highest BCUT2D eigenvalue weighted by Crippen LogP contribution is 2.01. The van der Waals surface area contributed by atoms with Gasteiger partial charge in [0.2, 0.25) is 0 Å². The van der Waals surface area contributed by atoms with Crippen molar-refractivity contribution in [2.24, 2.45) is 0 Å². The molecule has 0 spiro atoms. The summed E-state index contributed by atoms with van der Waals surface area (Å²) < 4.78 is 8.93. The molecule has 0 saturated carbocycles. The van der Waals surface area contributed by atoms with E-state index < -0.39 is 11.3 Å². The van der Waals surface area contributed by atoms with E-state index in [0.29, 0.717) is 6.42 Å². The Morgan fingerprint density at radius 2 is 2.06 bits per heavy atom. The molecule has 16 heavy (non-hydrogen) atoms. The van der Waals surface area contributed by atoms with E-state index >= 15 is 0 Å². The molecule has 0 bridgehead atoms. The van der Waals surface area contributed by atoms with E-state index in [4.69, 9.17) is 4.74 Å². The van der Waals surface area contributed by atoms with Crippen molar-refractivity contribution in [3.05, 3.63) is 46.0 Å². The number of hydrogen-bond donors (Lipinski definition) is 0. The lowest BCUT2D eigenvalue weighted by Crippen LogP contribution is -2.27. The smallest absolute Gasteiger partial charge is 0.377 e. The minimum atomic E-state index is -1.72. The number of hydrogen-bond acceptors (Lipinski definition) is 5. The molecule has 1 rings (SSSR count). The monoisotopic (exact) mass is 225 g/mol. The maximum Gasteiger partial charge on any atom is 0.476 e. The molecular formula is C10H11NO5. The van der Waals surface area contributed by atoms with Crippen molar-refractivity contribution in [3.63, 3.8) is 0 Å². The Morgan fingerprint density at radius 3 is 2.62 bits per heavy atom. The van der Waals surface area contributed by atoms with Gasteiger partial charge in [-0.25, -0.2) is 0 Å². The van der Waals surface area contributed by atoms with Gasteiger partial charge in [-0.05, 0) is 12.0 Å². The molecule has 6 heteroatoms. The fourth-order valence-electron chi connectivity index (χ4n) is 1.12. The molecule has 0 N–H and O–H groups in total.